The summed E-state index contributed by atoms with van der Waals surface area (Å²) in [5, 5.41) is 20.3. The summed E-state index contributed by atoms with van der Waals surface area (Å²) in [7, 11) is 1.71. The second kappa shape index (κ2) is 8.68. The first-order chi connectivity index (χ1) is 11.6. The molecular formula is C18H22IN3O2S. The van der Waals surface area contributed by atoms with Crippen molar-refractivity contribution in [3.05, 3.63) is 59.4 Å². The molecule has 0 saturated carbocycles. The first-order valence-electron chi connectivity index (χ1n) is 7.76. The molecule has 0 aliphatic rings. The molecule has 0 fully saturated rings. The number of fused-ring (bicyclic) bond motifs is 1. The summed E-state index contributed by atoms with van der Waals surface area (Å²) < 4.78 is 6.56. The lowest BCUT2D eigenvalue weighted by atomic mass is 10.0. The summed E-state index contributed by atoms with van der Waals surface area (Å²) >= 11 is 1.74. The van der Waals surface area contributed by atoms with Gasteiger partial charge in [0, 0.05) is 18.3 Å². The molecule has 2 heterocycles. The molecule has 3 rings (SSSR count). The van der Waals surface area contributed by atoms with Gasteiger partial charge in [-0.05, 0) is 41.5 Å². The minimum Gasteiger partial charge on any atom is -0.466 e. The molecule has 1 unspecified atom stereocenters. The van der Waals surface area contributed by atoms with Crippen LogP contribution in [0.2, 0.25) is 0 Å². The summed E-state index contributed by atoms with van der Waals surface area (Å²) in [4.78, 5) is 4.21. The monoisotopic (exact) mass is 471 g/mol. The number of rotatable bonds is 5. The molecule has 3 aromatic rings. The maximum atomic E-state index is 10.5. The first-order valence-corrected chi connectivity index (χ1v) is 8.64. The van der Waals surface area contributed by atoms with E-state index >= 15 is 0 Å². The van der Waals surface area contributed by atoms with Crippen LogP contribution in [0, 0.1) is 0 Å². The fourth-order valence-corrected chi connectivity index (χ4v) is 3.46. The van der Waals surface area contributed by atoms with E-state index in [-0.39, 0.29) is 24.0 Å². The molecule has 0 amide bonds. The molecular weight excluding hydrogens is 449 g/mol. The number of benzene rings is 1. The molecule has 2 aromatic heterocycles. The molecule has 25 heavy (non-hydrogen) atoms. The Balaban J connectivity index is 0.00000225. The number of hydrogen-bond acceptors (Lipinski definition) is 4. The highest BCUT2D eigenvalue weighted by Crippen LogP contribution is 2.25. The van der Waals surface area contributed by atoms with E-state index in [1.807, 2.05) is 12.1 Å². The number of halogens is 1. The van der Waals surface area contributed by atoms with Crippen LogP contribution in [0.3, 0.4) is 0 Å². The van der Waals surface area contributed by atoms with E-state index in [2.05, 4.69) is 33.1 Å². The average molecular weight is 471 g/mol. The number of guanidine groups is 1. The van der Waals surface area contributed by atoms with Gasteiger partial charge in [0.2, 0.25) is 0 Å². The van der Waals surface area contributed by atoms with Crippen LogP contribution in [0.15, 0.2) is 57.5 Å². The fraction of sp³-hybridized carbons (Fsp3) is 0.278. The minimum absolute atomic E-state index is 0. The van der Waals surface area contributed by atoms with Gasteiger partial charge in [-0.2, -0.15) is 0 Å². The standard InChI is InChI=1S/C18H21N3O2S.HI/c1-18(22,16-8-5-9-23-16)12-21-17(19-2)20-10-13-11-24-15-7-4-3-6-14(13)15;/h3-9,11,22H,10,12H2,1-2H3,(H2,19,20,21);1H. The molecule has 7 heteroatoms. The Kier molecular flexibility index (Phi) is 6.86. The first kappa shape index (κ1) is 19.7. The minimum atomic E-state index is -1.10. The van der Waals surface area contributed by atoms with Crippen LogP contribution in [-0.2, 0) is 12.1 Å². The molecule has 0 aliphatic carbocycles. The Morgan fingerprint density at radius 2 is 2.04 bits per heavy atom. The lowest BCUT2D eigenvalue weighted by Gasteiger charge is -2.22. The Morgan fingerprint density at radius 3 is 2.76 bits per heavy atom. The van der Waals surface area contributed by atoms with Crippen molar-refractivity contribution in [3.8, 4) is 0 Å². The number of nitrogens with one attached hydrogen (secondary N) is 2. The highest BCUT2D eigenvalue weighted by molar-refractivity contribution is 14.0. The lowest BCUT2D eigenvalue weighted by molar-refractivity contribution is 0.0386. The molecule has 134 valence electrons. The zero-order chi connectivity index (χ0) is 17.0. The Labute approximate surface area is 168 Å². The SMILES string of the molecule is CN=C(NCc1csc2ccccc12)NCC(C)(O)c1ccco1.I. The van der Waals surface area contributed by atoms with Crippen molar-refractivity contribution in [1.82, 2.24) is 10.6 Å². The molecule has 5 nitrogen and oxygen atoms in total. The van der Waals surface area contributed by atoms with Gasteiger partial charge >= 0.3 is 0 Å². The van der Waals surface area contributed by atoms with Crippen molar-refractivity contribution in [2.24, 2.45) is 4.99 Å². The molecule has 3 N–H and O–H groups in total. The third-order valence-electron chi connectivity index (χ3n) is 3.88. The summed E-state index contributed by atoms with van der Waals surface area (Å²) in [6.07, 6.45) is 1.55. The normalized spacial score (nSPS) is 14.0. The summed E-state index contributed by atoms with van der Waals surface area (Å²) in [5.41, 5.74) is 0.132. The third-order valence-corrected chi connectivity index (χ3v) is 4.90. The molecule has 1 atom stereocenters. The quantitative estimate of drug-likeness (QED) is 0.302. The van der Waals surface area contributed by atoms with Gasteiger partial charge in [-0.1, -0.05) is 18.2 Å². The van der Waals surface area contributed by atoms with E-state index in [1.54, 1.807) is 43.7 Å². The fourth-order valence-electron chi connectivity index (χ4n) is 2.50. The van der Waals surface area contributed by atoms with E-state index in [1.165, 1.54) is 15.6 Å². The van der Waals surface area contributed by atoms with Crippen LogP contribution in [0.5, 0.6) is 0 Å². The van der Waals surface area contributed by atoms with Crippen molar-refractivity contribution in [1.29, 1.82) is 0 Å². The molecule has 0 bridgehead atoms. The van der Waals surface area contributed by atoms with E-state index in [4.69, 9.17) is 4.42 Å². The van der Waals surface area contributed by atoms with Crippen molar-refractivity contribution < 1.29 is 9.52 Å². The van der Waals surface area contributed by atoms with Crippen LogP contribution in [0.1, 0.15) is 18.2 Å². The van der Waals surface area contributed by atoms with Crippen LogP contribution in [0.4, 0.5) is 0 Å². The van der Waals surface area contributed by atoms with Gasteiger partial charge in [-0.25, -0.2) is 0 Å². The number of aliphatic imine (C=N–C) groups is 1. The van der Waals surface area contributed by atoms with Gasteiger partial charge < -0.3 is 20.2 Å². The number of nitrogens with zero attached hydrogens (tertiary/aromatic N) is 1. The zero-order valence-corrected chi connectivity index (χ0v) is 17.3. The average Bonchev–Trinajstić information content (AvgIpc) is 3.25. The van der Waals surface area contributed by atoms with Gasteiger partial charge in [0.25, 0.3) is 0 Å². The van der Waals surface area contributed by atoms with Crippen molar-refractivity contribution in [2.45, 2.75) is 19.1 Å². The summed E-state index contributed by atoms with van der Waals surface area (Å²) in [5.74, 6) is 1.16. The zero-order valence-electron chi connectivity index (χ0n) is 14.2. The van der Waals surface area contributed by atoms with E-state index in [0.29, 0.717) is 24.8 Å². The summed E-state index contributed by atoms with van der Waals surface area (Å²) in [6.45, 7) is 2.68. The van der Waals surface area contributed by atoms with Gasteiger partial charge in [-0.3, -0.25) is 4.99 Å². The number of furan rings is 1. The molecule has 0 aliphatic heterocycles. The van der Waals surface area contributed by atoms with Gasteiger partial charge in [0.1, 0.15) is 11.4 Å². The number of aliphatic hydroxyl groups is 1. The predicted octanol–water partition coefficient (Wildman–Crippen LogP) is 3.69. The number of thiophene rings is 1. The van der Waals surface area contributed by atoms with Crippen molar-refractivity contribution in [3.63, 3.8) is 0 Å². The highest BCUT2D eigenvalue weighted by Gasteiger charge is 2.26. The topological polar surface area (TPSA) is 69.8 Å². The molecule has 0 saturated heterocycles. The van der Waals surface area contributed by atoms with Crippen LogP contribution in [-0.4, -0.2) is 24.7 Å². The second-order valence-electron chi connectivity index (χ2n) is 5.79. The van der Waals surface area contributed by atoms with Crippen LogP contribution in [0.25, 0.3) is 10.1 Å². The van der Waals surface area contributed by atoms with E-state index < -0.39 is 5.60 Å². The van der Waals surface area contributed by atoms with E-state index in [9.17, 15) is 5.11 Å². The van der Waals surface area contributed by atoms with Crippen molar-refractivity contribution >= 4 is 51.4 Å². The Hall–Kier alpha value is -1.58. The maximum Gasteiger partial charge on any atom is 0.191 e. The predicted molar refractivity (Wildman–Crippen MR) is 114 cm³/mol. The smallest absolute Gasteiger partial charge is 0.191 e. The second-order valence-corrected chi connectivity index (χ2v) is 6.70. The lowest BCUT2D eigenvalue weighted by Crippen LogP contribution is -2.44. The highest BCUT2D eigenvalue weighted by atomic mass is 127. The van der Waals surface area contributed by atoms with Gasteiger partial charge in [-0.15, -0.1) is 35.3 Å². The maximum absolute atomic E-state index is 10.5. The summed E-state index contributed by atoms with van der Waals surface area (Å²) in [6, 6.07) is 11.9. The molecule has 1 aromatic carbocycles. The number of hydrogen-bond donors (Lipinski definition) is 3. The van der Waals surface area contributed by atoms with Gasteiger partial charge in [0.15, 0.2) is 5.96 Å². The molecule has 0 radical (unpaired) electrons. The van der Waals surface area contributed by atoms with Crippen LogP contribution >= 0.6 is 35.3 Å². The Morgan fingerprint density at radius 1 is 1.24 bits per heavy atom. The van der Waals surface area contributed by atoms with Crippen molar-refractivity contribution in [2.75, 3.05) is 13.6 Å². The van der Waals surface area contributed by atoms with Gasteiger partial charge in [0.05, 0.1) is 12.8 Å². The molecule has 0 spiro atoms. The van der Waals surface area contributed by atoms with E-state index in [0.717, 1.165) is 0 Å². The largest absolute Gasteiger partial charge is 0.466 e. The third kappa shape index (κ3) is 4.74. The Bertz CT molecular complexity index is 828. The van der Waals surface area contributed by atoms with Crippen LogP contribution < -0.4 is 10.6 Å².